The van der Waals surface area contributed by atoms with Crippen molar-refractivity contribution in [1.29, 1.82) is 0 Å². The average Bonchev–Trinajstić information content (AvgIpc) is 3.83. The van der Waals surface area contributed by atoms with Crippen LogP contribution >= 0.6 is 22.7 Å². The first-order valence-electron chi connectivity index (χ1n) is 16.2. The Hall–Kier alpha value is -5.68. The molecule has 0 saturated heterocycles. The minimum Gasteiger partial charge on any atom is -0.455 e. The fourth-order valence-electron chi connectivity index (χ4n) is 7.65. The molecule has 8 aromatic carbocycles. The fourth-order valence-corrected chi connectivity index (χ4v) is 10.1. The first-order chi connectivity index (χ1) is 23.8. The molecule has 0 aliphatic carbocycles. The van der Waals surface area contributed by atoms with Crippen LogP contribution < -0.4 is 4.90 Å². The first kappa shape index (κ1) is 26.4. The second kappa shape index (κ2) is 9.91. The van der Waals surface area contributed by atoms with Crippen LogP contribution in [-0.2, 0) is 0 Å². The van der Waals surface area contributed by atoms with E-state index in [1.807, 2.05) is 22.7 Å². The van der Waals surface area contributed by atoms with E-state index in [2.05, 4.69) is 157 Å². The molecule has 0 fully saturated rings. The zero-order chi connectivity index (χ0) is 31.3. The summed E-state index contributed by atoms with van der Waals surface area (Å²) in [6.07, 6.45) is 0. The highest BCUT2D eigenvalue weighted by Crippen LogP contribution is 2.47. The van der Waals surface area contributed by atoms with E-state index in [0.29, 0.717) is 0 Å². The van der Waals surface area contributed by atoms with Crippen molar-refractivity contribution in [3.05, 3.63) is 152 Å². The van der Waals surface area contributed by atoms with Crippen molar-refractivity contribution in [2.75, 3.05) is 4.90 Å². The van der Waals surface area contributed by atoms with Crippen LogP contribution in [0.3, 0.4) is 0 Å². The van der Waals surface area contributed by atoms with E-state index in [-0.39, 0.29) is 0 Å². The first-order valence-corrected chi connectivity index (χ1v) is 17.8. The van der Waals surface area contributed by atoms with Crippen molar-refractivity contribution in [3.63, 3.8) is 0 Å². The Morgan fingerprint density at radius 3 is 1.85 bits per heavy atom. The molecule has 11 aromatic rings. The maximum atomic E-state index is 6.55. The molecular weight excluding hydrogens is 623 g/mol. The summed E-state index contributed by atoms with van der Waals surface area (Å²) in [6.45, 7) is 0. The van der Waals surface area contributed by atoms with Crippen LogP contribution in [0.1, 0.15) is 0 Å². The number of furan rings is 1. The smallest absolute Gasteiger partial charge is 0.143 e. The lowest BCUT2D eigenvalue weighted by Gasteiger charge is -2.25. The lowest BCUT2D eigenvalue weighted by Crippen LogP contribution is -2.09. The van der Waals surface area contributed by atoms with Gasteiger partial charge in [-0.1, -0.05) is 97.1 Å². The van der Waals surface area contributed by atoms with Crippen molar-refractivity contribution in [2.24, 2.45) is 0 Å². The lowest BCUT2D eigenvalue weighted by atomic mass is 10.0. The van der Waals surface area contributed by atoms with Gasteiger partial charge in [0.25, 0.3) is 0 Å². The van der Waals surface area contributed by atoms with Gasteiger partial charge in [0.2, 0.25) is 0 Å². The quantitative estimate of drug-likeness (QED) is 0.190. The van der Waals surface area contributed by atoms with Gasteiger partial charge in [-0.25, -0.2) is 0 Å². The van der Waals surface area contributed by atoms with E-state index in [9.17, 15) is 0 Å². The summed E-state index contributed by atoms with van der Waals surface area (Å²) < 4.78 is 11.7. The Balaban J connectivity index is 1.12. The second-order valence-corrected chi connectivity index (χ2v) is 14.6. The zero-order valence-corrected chi connectivity index (χ0v) is 27.2. The predicted octanol–water partition coefficient (Wildman–Crippen LogP) is 14.1. The number of hydrogen-bond acceptors (Lipinski definition) is 4. The molecule has 11 rings (SSSR count). The Labute approximate surface area is 283 Å². The predicted molar refractivity (Wildman–Crippen MR) is 209 cm³/mol. The third kappa shape index (κ3) is 3.73. The number of anilines is 3. The third-order valence-corrected chi connectivity index (χ3v) is 12.1. The molecule has 0 N–H and O–H groups in total. The molecule has 0 unspecified atom stereocenters. The minimum absolute atomic E-state index is 0.938. The summed E-state index contributed by atoms with van der Waals surface area (Å²) in [5, 5.41) is 12.5. The van der Waals surface area contributed by atoms with Gasteiger partial charge in [0.1, 0.15) is 11.2 Å². The summed E-state index contributed by atoms with van der Waals surface area (Å²) in [5.74, 6) is 0. The molecule has 2 nitrogen and oxygen atoms in total. The summed E-state index contributed by atoms with van der Waals surface area (Å²) in [7, 11) is 0. The number of rotatable bonds is 3. The largest absolute Gasteiger partial charge is 0.455 e. The Kier molecular flexibility index (Phi) is 5.45. The molecule has 3 heterocycles. The number of thiophene rings is 2. The lowest BCUT2D eigenvalue weighted by molar-refractivity contribution is 0.673. The van der Waals surface area contributed by atoms with Crippen molar-refractivity contribution >= 4 is 124 Å². The van der Waals surface area contributed by atoms with Crippen LogP contribution in [0.4, 0.5) is 17.1 Å². The molecule has 0 spiro atoms. The van der Waals surface area contributed by atoms with Gasteiger partial charge in [-0.3, -0.25) is 0 Å². The SMILES string of the molecule is c1ccc(N(c2ccc3c(c2)sc2c4ccccc4ccc32)c2ccc3c(c2)sc2ccc4oc5c6ccccc6ccc5c4c23)cc1. The molecule has 4 heteroatoms. The van der Waals surface area contributed by atoms with Crippen molar-refractivity contribution < 1.29 is 4.42 Å². The number of para-hydroxylation sites is 1. The highest BCUT2D eigenvalue weighted by atomic mass is 32.1. The maximum Gasteiger partial charge on any atom is 0.143 e. The zero-order valence-electron chi connectivity index (χ0n) is 25.6. The molecule has 0 bridgehead atoms. The highest BCUT2D eigenvalue weighted by Gasteiger charge is 2.19. The van der Waals surface area contributed by atoms with E-state index < -0.39 is 0 Å². The Morgan fingerprint density at radius 2 is 1.04 bits per heavy atom. The molecule has 3 aromatic heterocycles. The number of hydrogen-bond donors (Lipinski definition) is 0. The van der Waals surface area contributed by atoms with Crippen LogP contribution in [0.2, 0.25) is 0 Å². The van der Waals surface area contributed by atoms with Crippen LogP contribution in [0.25, 0.3) is 83.8 Å². The standard InChI is InChI=1S/C44H25NOS2/c1-2-10-28(11-3-1)45(29-16-20-33-34-18-14-27-9-5-7-13-32(27)44(34)48-39(33)24-29)30-17-21-35-40(25-30)47-38-23-22-37-41(42(35)38)36-19-15-26-8-4-6-12-31(26)43(36)46-37/h1-25H. The van der Waals surface area contributed by atoms with E-state index in [1.54, 1.807) is 0 Å². The van der Waals surface area contributed by atoms with E-state index >= 15 is 0 Å². The topological polar surface area (TPSA) is 16.4 Å². The number of benzene rings is 8. The van der Waals surface area contributed by atoms with Gasteiger partial charge in [0, 0.05) is 73.6 Å². The summed E-state index contributed by atoms with van der Waals surface area (Å²) in [6, 6.07) is 55.1. The van der Waals surface area contributed by atoms with Gasteiger partial charge in [0.05, 0.1) is 0 Å². The van der Waals surface area contributed by atoms with E-state index in [1.165, 1.54) is 67.3 Å². The Morgan fingerprint density at radius 1 is 0.396 bits per heavy atom. The van der Waals surface area contributed by atoms with Gasteiger partial charge in [0.15, 0.2) is 0 Å². The molecule has 48 heavy (non-hydrogen) atoms. The molecule has 0 aliphatic rings. The van der Waals surface area contributed by atoms with Crippen molar-refractivity contribution in [3.8, 4) is 0 Å². The molecular formula is C44H25NOS2. The number of nitrogens with zero attached hydrogens (tertiary/aromatic N) is 1. The van der Waals surface area contributed by atoms with Crippen LogP contribution in [0.5, 0.6) is 0 Å². The van der Waals surface area contributed by atoms with Gasteiger partial charge in [-0.05, 0) is 70.8 Å². The molecule has 0 atom stereocenters. The summed E-state index contributed by atoms with van der Waals surface area (Å²) >= 11 is 3.74. The maximum absolute atomic E-state index is 6.55. The fraction of sp³-hybridized carbons (Fsp3) is 0. The molecule has 0 aliphatic heterocycles. The highest BCUT2D eigenvalue weighted by molar-refractivity contribution is 7.27. The van der Waals surface area contributed by atoms with Gasteiger partial charge >= 0.3 is 0 Å². The van der Waals surface area contributed by atoms with Gasteiger partial charge in [-0.15, -0.1) is 22.7 Å². The monoisotopic (exact) mass is 647 g/mol. The minimum atomic E-state index is 0.938. The van der Waals surface area contributed by atoms with Gasteiger partial charge in [-0.2, -0.15) is 0 Å². The molecule has 224 valence electrons. The van der Waals surface area contributed by atoms with Gasteiger partial charge < -0.3 is 9.32 Å². The number of fused-ring (bicyclic) bond motifs is 14. The molecule has 0 amide bonds. The van der Waals surface area contributed by atoms with Crippen LogP contribution in [0, 0.1) is 0 Å². The van der Waals surface area contributed by atoms with Crippen molar-refractivity contribution in [2.45, 2.75) is 0 Å². The normalized spacial score (nSPS) is 12.2. The van der Waals surface area contributed by atoms with Crippen LogP contribution in [-0.4, -0.2) is 0 Å². The van der Waals surface area contributed by atoms with Crippen LogP contribution in [0.15, 0.2) is 156 Å². The summed E-state index contributed by atoms with van der Waals surface area (Å²) in [5.41, 5.74) is 5.34. The molecule has 0 saturated carbocycles. The third-order valence-electron chi connectivity index (χ3n) is 9.82. The van der Waals surface area contributed by atoms with Crippen molar-refractivity contribution in [1.82, 2.24) is 0 Å². The second-order valence-electron chi connectivity index (χ2n) is 12.5. The van der Waals surface area contributed by atoms with E-state index in [0.717, 1.165) is 33.6 Å². The molecule has 0 radical (unpaired) electrons. The average molecular weight is 648 g/mol. The van der Waals surface area contributed by atoms with E-state index in [4.69, 9.17) is 4.42 Å². The Bertz CT molecular complexity index is 3070. The summed E-state index contributed by atoms with van der Waals surface area (Å²) in [4.78, 5) is 2.39.